The molecule has 1 aromatic rings. The third kappa shape index (κ3) is 4.53. The van der Waals surface area contributed by atoms with Crippen molar-refractivity contribution in [3.05, 3.63) is 17.0 Å². The first-order valence-electron chi connectivity index (χ1n) is 7.69. The first kappa shape index (κ1) is 18.1. The van der Waals surface area contributed by atoms with Crippen molar-refractivity contribution < 1.29 is 9.84 Å². The van der Waals surface area contributed by atoms with E-state index in [0.717, 1.165) is 17.9 Å². The van der Waals surface area contributed by atoms with Gasteiger partial charge in [0.2, 0.25) is 0 Å². The van der Waals surface area contributed by atoms with Crippen molar-refractivity contribution in [1.82, 2.24) is 15.1 Å². The van der Waals surface area contributed by atoms with E-state index in [2.05, 4.69) is 24.3 Å². The summed E-state index contributed by atoms with van der Waals surface area (Å²) < 4.78 is 7.11. The van der Waals surface area contributed by atoms with Gasteiger partial charge in [-0.25, -0.2) is 0 Å². The number of aliphatic hydroxyl groups is 1. The van der Waals surface area contributed by atoms with Crippen molar-refractivity contribution >= 4 is 0 Å². The van der Waals surface area contributed by atoms with Crippen molar-refractivity contribution in [2.24, 2.45) is 5.92 Å². The minimum absolute atomic E-state index is 0.159. The Hall–Kier alpha value is -0.910. The summed E-state index contributed by atoms with van der Waals surface area (Å²) in [4.78, 5) is 0. The second kappa shape index (κ2) is 7.38. The monoisotopic (exact) mass is 297 g/mol. The van der Waals surface area contributed by atoms with Gasteiger partial charge in [0.1, 0.15) is 0 Å². The van der Waals surface area contributed by atoms with Gasteiger partial charge < -0.3 is 15.2 Å². The van der Waals surface area contributed by atoms with Crippen LogP contribution in [0.4, 0.5) is 0 Å². The van der Waals surface area contributed by atoms with Crippen LogP contribution in [0.3, 0.4) is 0 Å². The Morgan fingerprint density at radius 1 is 1.33 bits per heavy atom. The van der Waals surface area contributed by atoms with Crippen LogP contribution >= 0.6 is 0 Å². The summed E-state index contributed by atoms with van der Waals surface area (Å²) in [6, 6.07) is 0.159. The topological polar surface area (TPSA) is 59.3 Å². The van der Waals surface area contributed by atoms with Gasteiger partial charge >= 0.3 is 0 Å². The number of aryl methyl sites for hydroxylation is 1. The van der Waals surface area contributed by atoms with Gasteiger partial charge in [-0.05, 0) is 33.6 Å². The molecule has 0 saturated carbocycles. The van der Waals surface area contributed by atoms with E-state index in [0.29, 0.717) is 13.2 Å². The highest BCUT2D eigenvalue weighted by Gasteiger charge is 2.26. The largest absolute Gasteiger partial charge is 0.389 e. The molecule has 1 aromatic heterocycles. The normalized spacial score (nSPS) is 16.2. The zero-order valence-electron chi connectivity index (χ0n) is 14.5. The molecule has 0 aliphatic carbocycles. The molecule has 2 N–H and O–H groups in total. The van der Waals surface area contributed by atoms with Gasteiger partial charge in [-0.15, -0.1) is 0 Å². The molecule has 0 aliphatic rings. The zero-order valence-corrected chi connectivity index (χ0v) is 14.5. The molecule has 1 heterocycles. The van der Waals surface area contributed by atoms with Gasteiger partial charge in [0.05, 0.1) is 24.4 Å². The molecule has 0 radical (unpaired) electrons. The molecule has 0 spiro atoms. The van der Waals surface area contributed by atoms with Crippen LogP contribution < -0.4 is 5.32 Å². The standard InChI is InChI=1S/C16H31N3O2/c1-11(2)16(6,20)10-17-12(3)15-13(4)18-19(14(15)5)8-9-21-7/h11-12,17,20H,8-10H2,1-7H3. The Bertz CT molecular complexity index is 453. The first-order chi connectivity index (χ1) is 9.70. The number of ether oxygens (including phenoxy) is 1. The van der Waals surface area contributed by atoms with Gasteiger partial charge in [0.25, 0.3) is 0 Å². The lowest BCUT2D eigenvalue weighted by Crippen LogP contribution is -2.43. The number of hydrogen-bond acceptors (Lipinski definition) is 4. The summed E-state index contributed by atoms with van der Waals surface area (Å²) >= 11 is 0. The molecular formula is C16H31N3O2. The molecule has 0 fully saturated rings. The number of nitrogens with zero attached hydrogens (tertiary/aromatic N) is 2. The molecule has 21 heavy (non-hydrogen) atoms. The van der Waals surface area contributed by atoms with Crippen LogP contribution in [-0.2, 0) is 11.3 Å². The lowest BCUT2D eigenvalue weighted by molar-refractivity contribution is 0.0121. The van der Waals surface area contributed by atoms with Crippen LogP contribution in [0, 0.1) is 19.8 Å². The fourth-order valence-corrected chi connectivity index (χ4v) is 2.40. The predicted octanol–water partition coefficient (Wildman–Crippen LogP) is 2.20. The second-order valence-electron chi connectivity index (χ2n) is 6.41. The molecule has 122 valence electrons. The number of rotatable bonds is 8. The van der Waals surface area contributed by atoms with Gasteiger partial charge in [0, 0.05) is 31.0 Å². The van der Waals surface area contributed by atoms with E-state index in [1.807, 2.05) is 32.4 Å². The van der Waals surface area contributed by atoms with Crippen molar-refractivity contribution in [1.29, 1.82) is 0 Å². The third-order valence-electron chi connectivity index (χ3n) is 4.39. The third-order valence-corrected chi connectivity index (χ3v) is 4.39. The summed E-state index contributed by atoms with van der Waals surface area (Å²) in [7, 11) is 1.70. The second-order valence-corrected chi connectivity index (χ2v) is 6.41. The van der Waals surface area contributed by atoms with Crippen molar-refractivity contribution in [3.8, 4) is 0 Å². The Balaban J connectivity index is 2.78. The van der Waals surface area contributed by atoms with Crippen LogP contribution in [-0.4, -0.2) is 40.7 Å². The number of nitrogens with one attached hydrogen (secondary N) is 1. The van der Waals surface area contributed by atoms with Crippen molar-refractivity contribution in [2.75, 3.05) is 20.3 Å². The van der Waals surface area contributed by atoms with E-state index >= 15 is 0 Å². The molecule has 0 aliphatic heterocycles. The predicted molar refractivity (Wildman–Crippen MR) is 85.5 cm³/mol. The minimum atomic E-state index is -0.706. The van der Waals surface area contributed by atoms with Gasteiger partial charge in [0.15, 0.2) is 0 Å². The van der Waals surface area contributed by atoms with Gasteiger partial charge in [-0.2, -0.15) is 5.10 Å². The zero-order chi connectivity index (χ0) is 16.2. The first-order valence-corrected chi connectivity index (χ1v) is 7.69. The van der Waals surface area contributed by atoms with E-state index < -0.39 is 5.60 Å². The smallest absolute Gasteiger partial charge is 0.0766 e. The highest BCUT2D eigenvalue weighted by molar-refractivity contribution is 5.27. The maximum Gasteiger partial charge on any atom is 0.0766 e. The molecule has 0 bridgehead atoms. The summed E-state index contributed by atoms with van der Waals surface area (Å²) in [5, 5.41) is 18.4. The fourth-order valence-electron chi connectivity index (χ4n) is 2.40. The average molecular weight is 297 g/mol. The average Bonchev–Trinajstić information content (AvgIpc) is 2.68. The van der Waals surface area contributed by atoms with Crippen LogP contribution in [0.1, 0.15) is 50.7 Å². The number of aromatic nitrogens is 2. The highest BCUT2D eigenvalue weighted by atomic mass is 16.5. The molecule has 2 unspecified atom stereocenters. The molecular weight excluding hydrogens is 266 g/mol. The van der Waals surface area contributed by atoms with Gasteiger partial charge in [-0.1, -0.05) is 13.8 Å². The molecule has 0 aromatic carbocycles. The maximum atomic E-state index is 10.3. The maximum absolute atomic E-state index is 10.3. The van der Waals surface area contributed by atoms with E-state index in [1.165, 1.54) is 5.56 Å². The van der Waals surface area contributed by atoms with Crippen molar-refractivity contribution in [3.63, 3.8) is 0 Å². The Morgan fingerprint density at radius 2 is 1.95 bits per heavy atom. The minimum Gasteiger partial charge on any atom is -0.389 e. The lowest BCUT2D eigenvalue weighted by atomic mass is 9.92. The molecule has 2 atom stereocenters. The SMILES string of the molecule is COCCn1nc(C)c(C(C)NCC(C)(O)C(C)C)c1C. The summed E-state index contributed by atoms with van der Waals surface area (Å²) in [5.74, 6) is 0.212. The number of hydrogen-bond donors (Lipinski definition) is 2. The van der Waals surface area contributed by atoms with E-state index in [-0.39, 0.29) is 12.0 Å². The summed E-state index contributed by atoms with van der Waals surface area (Å²) in [5.41, 5.74) is 2.70. The van der Waals surface area contributed by atoms with E-state index in [4.69, 9.17) is 4.74 Å². The Labute approximate surface area is 128 Å². The molecule has 5 heteroatoms. The highest BCUT2D eigenvalue weighted by Crippen LogP contribution is 2.23. The van der Waals surface area contributed by atoms with Crippen molar-refractivity contribution in [2.45, 2.75) is 59.7 Å². The van der Waals surface area contributed by atoms with E-state index in [9.17, 15) is 5.11 Å². The van der Waals surface area contributed by atoms with Crippen LogP contribution in [0.15, 0.2) is 0 Å². The number of methoxy groups -OCH3 is 1. The van der Waals surface area contributed by atoms with Gasteiger partial charge in [-0.3, -0.25) is 4.68 Å². The molecule has 0 saturated heterocycles. The fraction of sp³-hybridized carbons (Fsp3) is 0.812. The molecule has 1 rings (SSSR count). The molecule has 0 amide bonds. The van der Waals surface area contributed by atoms with Crippen LogP contribution in [0.5, 0.6) is 0 Å². The summed E-state index contributed by atoms with van der Waals surface area (Å²) in [6.07, 6.45) is 0. The quantitative estimate of drug-likeness (QED) is 0.772. The van der Waals surface area contributed by atoms with Crippen LogP contribution in [0.2, 0.25) is 0 Å². The lowest BCUT2D eigenvalue weighted by Gasteiger charge is -2.29. The Kier molecular flexibility index (Phi) is 6.38. The Morgan fingerprint density at radius 3 is 2.48 bits per heavy atom. The van der Waals surface area contributed by atoms with Crippen LogP contribution in [0.25, 0.3) is 0 Å². The van der Waals surface area contributed by atoms with E-state index in [1.54, 1.807) is 7.11 Å². The molecule has 5 nitrogen and oxygen atoms in total. The summed E-state index contributed by atoms with van der Waals surface area (Å²) in [6.45, 7) is 14.2.